The molecule has 0 rings (SSSR count). The summed E-state index contributed by atoms with van der Waals surface area (Å²) >= 11 is 0. The van der Waals surface area contributed by atoms with Crippen molar-refractivity contribution in [2.24, 2.45) is 0 Å². The van der Waals surface area contributed by atoms with E-state index in [0.717, 1.165) is 25.7 Å². The van der Waals surface area contributed by atoms with E-state index in [0.29, 0.717) is 39.1 Å². The second-order valence-corrected chi connectivity index (χ2v) is 13.0. The summed E-state index contributed by atoms with van der Waals surface area (Å²) in [7, 11) is 0. The summed E-state index contributed by atoms with van der Waals surface area (Å²) in [4.78, 5) is 23.9. The maximum Gasteiger partial charge on any atom is 0.305 e. The first-order valence-corrected chi connectivity index (χ1v) is 19.6. The van der Waals surface area contributed by atoms with Crippen LogP contribution in [0.5, 0.6) is 0 Å². The van der Waals surface area contributed by atoms with Crippen molar-refractivity contribution in [1.29, 1.82) is 0 Å². The third-order valence-corrected chi connectivity index (χ3v) is 8.47. The van der Waals surface area contributed by atoms with Crippen LogP contribution in [0.1, 0.15) is 194 Å². The number of esters is 1. The highest BCUT2D eigenvalue weighted by atomic mass is 16.5. The van der Waals surface area contributed by atoms with Gasteiger partial charge >= 0.3 is 5.97 Å². The van der Waals surface area contributed by atoms with Crippen molar-refractivity contribution in [2.75, 3.05) is 26.2 Å². The van der Waals surface area contributed by atoms with Crippen molar-refractivity contribution in [1.82, 2.24) is 10.6 Å². The zero-order chi connectivity index (χ0) is 32.7. The van der Waals surface area contributed by atoms with E-state index in [1.807, 2.05) is 0 Å². The number of carbonyl (C=O) groups excluding carboxylic acids is 2. The average Bonchev–Trinajstić information content (AvgIpc) is 3.04. The zero-order valence-corrected chi connectivity index (χ0v) is 30.2. The van der Waals surface area contributed by atoms with Crippen LogP contribution in [-0.4, -0.2) is 38.1 Å². The van der Waals surface area contributed by atoms with E-state index in [-0.39, 0.29) is 11.9 Å². The summed E-state index contributed by atoms with van der Waals surface area (Å²) in [5.74, 6) is 0.0449. The van der Waals surface area contributed by atoms with Gasteiger partial charge in [0, 0.05) is 32.5 Å². The molecule has 2 N–H and O–H groups in total. The molecule has 0 spiro atoms. The number of hydrogen-bond acceptors (Lipinski definition) is 4. The van der Waals surface area contributed by atoms with Crippen molar-refractivity contribution < 1.29 is 14.3 Å². The molecule has 264 valence electrons. The Labute approximate surface area is 280 Å². The molecule has 0 aliphatic heterocycles. The van der Waals surface area contributed by atoms with Gasteiger partial charge in [0.25, 0.3) is 0 Å². The Morgan fingerprint density at radius 3 is 1.33 bits per heavy atom. The molecule has 5 heteroatoms. The van der Waals surface area contributed by atoms with Gasteiger partial charge in [0.05, 0.1) is 0 Å². The summed E-state index contributed by atoms with van der Waals surface area (Å²) in [6, 6.07) is 0. The van der Waals surface area contributed by atoms with Crippen LogP contribution in [0, 0.1) is 0 Å². The SMILES string of the molecule is CCCCCCCC/C=C\CCCCCCCC(=O)NCCNCCOC(=O)CCCCCCC/C=C\CCCCCCCC. The summed E-state index contributed by atoms with van der Waals surface area (Å²) in [5.41, 5.74) is 0. The maximum absolute atomic E-state index is 12.0. The average molecular weight is 633 g/mol. The minimum absolute atomic E-state index is 0.0947. The van der Waals surface area contributed by atoms with Crippen molar-refractivity contribution in [3.8, 4) is 0 Å². The summed E-state index contributed by atoms with van der Waals surface area (Å²) < 4.78 is 5.32. The van der Waals surface area contributed by atoms with Gasteiger partial charge in [-0.2, -0.15) is 0 Å². The molecule has 0 aliphatic carbocycles. The number of nitrogens with one attached hydrogen (secondary N) is 2. The smallest absolute Gasteiger partial charge is 0.305 e. The number of hydrogen-bond donors (Lipinski definition) is 2. The van der Waals surface area contributed by atoms with Gasteiger partial charge < -0.3 is 15.4 Å². The monoisotopic (exact) mass is 633 g/mol. The summed E-state index contributed by atoms with van der Waals surface area (Å²) in [6.07, 6.45) is 43.4. The van der Waals surface area contributed by atoms with Crippen LogP contribution in [0.25, 0.3) is 0 Å². The highest BCUT2D eigenvalue weighted by Crippen LogP contribution is 2.11. The van der Waals surface area contributed by atoms with Crippen LogP contribution in [0.15, 0.2) is 24.3 Å². The zero-order valence-electron chi connectivity index (χ0n) is 30.2. The van der Waals surface area contributed by atoms with E-state index in [2.05, 4.69) is 48.8 Å². The van der Waals surface area contributed by atoms with Gasteiger partial charge in [-0.05, 0) is 64.2 Å². The quantitative estimate of drug-likeness (QED) is 0.0410. The lowest BCUT2D eigenvalue weighted by Gasteiger charge is -2.08. The lowest BCUT2D eigenvalue weighted by atomic mass is 10.1. The lowest BCUT2D eigenvalue weighted by Crippen LogP contribution is -2.33. The fraction of sp³-hybridized carbons (Fsp3) is 0.850. The lowest BCUT2D eigenvalue weighted by molar-refractivity contribution is -0.143. The molecule has 0 aliphatic rings. The van der Waals surface area contributed by atoms with Gasteiger partial charge in [0.1, 0.15) is 6.61 Å². The van der Waals surface area contributed by atoms with Gasteiger partial charge in [-0.3, -0.25) is 9.59 Å². The molecule has 0 saturated heterocycles. The van der Waals surface area contributed by atoms with Gasteiger partial charge in [-0.1, -0.05) is 141 Å². The summed E-state index contributed by atoms with van der Waals surface area (Å²) in [6.45, 7) is 6.88. The van der Waals surface area contributed by atoms with Crippen LogP contribution < -0.4 is 10.6 Å². The molecule has 1 amide bonds. The molecular weight excluding hydrogens is 556 g/mol. The number of ether oxygens (including phenoxy) is 1. The molecule has 0 atom stereocenters. The Kier molecular flexibility index (Phi) is 37.2. The van der Waals surface area contributed by atoms with E-state index < -0.39 is 0 Å². The van der Waals surface area contributed by atoms with Crippen LogP contribution >= 0.6 is 0 Å². The second kappa shape index (κ2) is 38.6. The molecule has 45 heavy (non-hydrogen) atoms. The number of amides is 1. The molecule has 0 aromatic rings. The predicted octanol–water partition coefficient (Wildman–Crippen LogP) is 11.3. The Morgan fingerprint density at radius 1 is 0.467 bits per heavy atom. The van der Waals surface area contributed by atoms with Crippen molar-refractivity contribution in [2.45, 2.75) is 194 Å². The molecule has 0 aromatic carbocycles. The fourth-order valence-corrected chi connectivity index (χ4v) is 5.51. The molecule has 5 nitrogen and oxygen atoms in total. The van der Waals surface area contributed by atoms with Gasteiger partial charge in [0.2, 0.25) is 5.91 Å². The molecule has 0 fully saturated rings. The first-order valence-electron chi connectivity index (χ1n) is 19.6. The van der Waals surface area contributed by atoms with Gasteiger partial charge in [0.15, 0.2) is 0 Å². The van der Waals surface area contributed by atoms with Crippen LogP contribution in [0.4, 0.5) is 0 Å². The number of unbranched alkanes of at least 4 members (excludes halogenated alkanes) is 22. The Bertz CT molecular complexity index is 620. The normalized spacial score (nSPS) is 11.6. The van der Waals surface area contributed by atoms with E-state index in [1.165, 1.54) is 141 Å². The van der Waals surface area contributed by atoms with Gasteiger partial charge in [-0.15, -0.1) is 0 Å². The highest BCUT2D eigenvalue weighted by Gasteiger charge is 2.03. The first kappa shape index (κ1) is 43.4. The van der Waals surface area contributed by atoms with Gasteiger partial charge in [-0.25, -0.2) is 0 Å². The van der Waals surface area contributed by atoms with Crippen molar-refractivity contribution in [3.05, 3.63) is 24.3 Å². The van der Waals surface area contributed by atoms with E-state index in [9.17, 15) is 9.59 Å². The second-order valence-electron chi connectivity index (χ2n) is 13.0. The number of carbonyl (C=O) groups is 2. The Balaban J connectivity index is 3.31. The molecule has 0 bridgehead atoms. The Hall–Kier alpha value is -1.62. The van der Waals surface area contributed by atoms with E-state index >= 15 is 0 Å². The molecule has 0 heterocycles. The molecule has 0 unspecified atom stereocenters. The fourth-order valence-electron chi connectivity index (χ4n) is 5.51. The topological polar surface area (TPSA) is 67.4 Å². The molecule has 0 radical (unpaired) electrons. The predicted molar refractivity (Wildman–Crippen MR) is 196 cm³/mol. The minimum Gasteiger partial charge on any atom is -0.464 e. The molecule has 0 saturated carbocycles. The van der Waals surface area contributed by atoms with E-state index in [4.69, 9.17) is 4.74 Å². The van der Waals surface area contributed by atoms with Crippen molar-refractivity contribution in [3.63, 3.8) is 0 Å². The molecular formula is C40H76N2O3. The third-order valence-electron chi connectivity index (χ3n) is 8.47. The highest BCUT2D eigenvalue weighted by molar-refractivity contribution is 5.75. The first-order chi connectivity index (χ1) is 22.2. The van der Waals surface area contributed by atoms with E-state index in [1.54, 1.807) is 0 Å². The number of allylic oxidation sites excluding steroid dienone is 4. The van der Waals surface area contributed by atoms with Crippen LogP contribution in [0.2, 0.25) is 0 Å². The summed E-state index contributed by atoms with van der Waals surface area (Å²) in [5, 5.41) is 6.22. The molecule has 0 aromatic heterocycles. The number of rotatable bonds is 36. The van der Waals surface area contributed by atoms with Crippen LogP contribution in [-0.2, 0) is 14.3 Å². The van der Waals surface area contributed by atoms with Crippen molar-refractivity contribution >= 4 is 11.9 Å². The van der Waals surface area contributed by atoms with Crippen LogP contribution in [0.3, 0.4) is 0 Å². The largest absolute Gasteiger partial charge is 0.464 e. The third kappa shape index (κ3) is 38.5. The minimum atomic E-state index is -0.0947. The maximum atomic E-state index is 12.0. The standard InChI is InChI=1S/C40H76N2O3/c1-3-5-7-9-11-13-15-17-19-21-23-25-27-29-31-33-39(43)42-36-35-41-37-38-45-40(44)34-32-30-28-26-24-22-20-18-16-14-12-10-8-6-4-2/h17-20,41H,3-16,21-38H2,1-2H3,(H,42,43)/b19-17-,20-18-. The Morgan fingerprint density at radius 2 is 0.867 bits per heavy atom.